The van der Waals surface area contributed by atoms with Gasteiger partial charge in [0.05, 0.1) is 12.1 Å². The van der Waals surface area contributed by atoms with Gasteiger partial charge in [-0.05, 0) is 23.8 Å². The van der Waals surface area contributed by atoms with Crippen LogP contribution in [0.1, 0.15) is 5.56 Å². The maximum Gasteiger partial charge on any atom is 0.248 e. The van der Waals surface area contributed by atoms with E-state index in [1.54, 1.807) is 0 Å². The SMILES string of the molecule is N#CCN(CC#N)C(=O)C=Cc1ccc(F)cc1. The molecule has 0 saturated heterocycles. The molecule has 0 fully saturated rings. The van der Waals surface area contributed by atoms with Crippen LogP contribution in [0.5, 0.6) is 0 Å². The van der Waals surface area contributed by atoms with Crippen molar-refractivity contribution < 1.29 is 9.18 Å². The van der Waals surface area contributed by atoms with Crippen molar-refractivity contribution in [3.05, 3.63) is 41.7 Å². The number of nitrogens with zero attached hydrogens (tertiary/aromatic N) is 3. The summed E-state index contributed by atoms with van der Waals surface area (Å²) in [6.07, 6.45) is 2.76. The Hall–Kier alpha value is -2.66. The van der Waals surface area contributed by atoms with Crippen LogP contribution in [-0.2, 0) is 4.79 Å². The Labute approximate surface area is 104 Å². The summed E-state index contributed by atoms with van der Waals surface area (Å²) in [5, 5.41) is 17.0. The van der Waals surface area contributed by atoms with Gasteiger partial charge < -0.3 is 4.90 Å². The molecule has 0 spiro atoms. The normalized spacial score (nSPS) is 9.72. The number of carbonyl (C=O) groups excluding carboxylic acids is 1. The zero-order valence-electron chi connectivity index (χ0n) is 9.51. The van der Waals surface area contributed by atoms with Crippen molar-refractivity contribution in [2.75, 3.05) is 13.1 Å². The lowest BCUT2D eigenvalue weighted by atomic mass is 10.2. The van der Waals surface area contributed by atoms with Gasteiger partial charge in [0.15, 0.2) is 0 Å². The molecule has 1 aromatic carbocycles. The molecule has 18 heavy (non-hydrogen) atoms. The molecule has 1 rings (SSSR count). The van der Waals surface area contributed by atoms with Crippen molar-refractivity contribution in [2.45, 2.75) is 0 Å². The molecule has 0 saturated carbocycles. The van der Waals surface area contributed by atoms with Crippen molar-refractivity contribution in [2.24, 2.45) is 0 Å². The molecular weight excluding hydrogens is 233 g/mol. The zero-order valence-corrected chi connectivity index (χ0v) is 9.51. The fourth-order valence-electron chi connectivity index (χ4n) is 1.23. The molecule has 0 atom stereocenters. The summed E-state index contributed by atoms with van der Waals surface area (Å²) >= 11 is 0. The van der Waals surface area contributed by atoms with Crippen LogP contribution in [0, 0.1) is 28.5 Å². The number of nitriles is 2. The molecule has 0 N–H and O–H groups in total. The highest BCUT2D eigenvalue weighted by Crippen LogP contribution is 2.05. The lowest BCUT2D eigenvalue weighted by Crippen LogP contribution is -2.30. The third kappa shape index (κ3) is 4.07. The first-order valence-corrected chi connectivity index (χ1v) is 5.14. The van der Waals surface area contributed by atoms with Gasteiger partial charge in [-0.1, -0.05) is 12.1 Å². The van der Waals surface area contributed by atoms with Gasteiger partial charge in [0.2, 0.25) is 5.91 Å². The van der Waals surface area contributed by atoms with E-state index in [9.17, 15) is 9.18 Å². The Kier molecular flexibility index (Phi) is 5.08. The average molecular weight is 243 g/mol. The van der Waals surface area contributed by atoms with Crippen molar-refractivity contribution in [3.63, 3.8) is 0 Å². The predicted octanol–water partition coefficient (Wildman–Crippen LogP) is 1.71. The van der Waals surface area contributed by atoms with Gasteiger partial charge in [-0.15, -0.1) is 0 Å². The van der Waals surface area contributed by atoms with Gasteiger partial charge in [0.1, 0.15) is 18.9 Å². The molecule has 0 bridgehead atoms. The second-order valence-corrected chi connectivity index (χ2v) is 3.40. The van der Waals surface area contributed by atoms with Crippen LogP contribution in [0.25, 0.3) is 6.08 Å². The fourth-order valence-corrected chi connectivity index (χ4v) is 1.23. The summed E-state index contributed by atoms with van der Waals surface area (Å²) in [7, 11) is 0. The second-order valence-electron chi connectivity index (χ2n) is 3.40. The van der Waals surface area contributed by atoms with Crippen molar-refractivity contribution in [1.29, 1.82) is 10.5 Å². The van der Waals surface area contributed by atoms with E-state index in [0.29, 0.717) is 5.56 Å². The molecule has 1 amide bonds. The van der Waals surface area contributed by atoms with Gasteiger partial charge in [0.25, 0.3) is 0 Å². The molecule has 0 unspecified atom stereocenters. The van der Waals surface area contributed by atoms with E-state index in [0.717, 1.165) is 4.90 Å². The summed E-state index contributed by atoms with van der Waals surface area (Å²) < 4.78 is 12.6. The van der Waals surface area contributed by atoms with E-state index in [1.165, 1.54) is 36.4 Å². The van der Waals surface area contributed by atoms with Crippen LogP contribution >= 0.6 is 0 Å². The van der Waals surface area contributed by atoms with Crippen LogP contribution in [-0.4, -0.2) is 23.9 Å². The minimum Gasteiger partial charge on any atom is -0.313 e. The van der Waals surface area contributed by atoms with Crippen molar-refractivity contribution in [1.82, 2.24) is 4.90 Å². The van der Waals surface area contributed by atoms with Gasteiger partial charge in [0, 0.05) is 6.08 Å². The highest BCUT2D eigenvalue weighted by atomic mass is 19.1. The Morgan fingerprint density at radius 2 is 1.78 bits per heavy atom. The van der Waals surface area contributed by atoms with Gasteiger partial charge in [-0.25, -0.2) is 4.39 Å². The smallest absolute Gasteiger partial charge is 0.248 e. The van der Waals surface area contributed by atoms with Gasteiger partial charge in [-0.2, -0.15) is 10.5 Å². The first-order valence-electron chi connectivity index (χ1n) is 5.14. The molecule has 90 valence electrons. The molecular formula is C13H10FN3O. The van der Waals surface area contributed by atoms with E-state index < -0.39 is 5.91 Å². The third-order valence-corrected chi connectivity index (χ3v) is 2.12. The van der Waals surface area contributed by atoms with Crippen LogP contribution in [0.15, 0.2) is 30.3 Å². The van der Waals surface area contributed by atoms with Crippen LogP contribution in [0.4, 0.5) is 4.39 Å². The van der Waals surface area contributed by atoms with E-state index in [4.69, 9.17) is 10.5 Å². The molecule has 5 heteroatoms. The Morgan fingerprint density at radius 3 is 2.28 bits per heavy atom. The number of hydrogen-bond acceptors (Lipinski definition) is 3. The quantitative estimate of drug-likeness (QED) is 0.597. The number of benzene rings is 1. The van der Waals surface area contributed by atoms with Crippen molar-refractivity contribution >= 4 is 12.0 Å². The minimum absolute atomic E-state index is 0.139. The van der Waals surface area contributed by atoms with E-state index >= 15 is 0 Å². The summed E-state index contributed by atoms with van der Waals surface area (Å²) in [5.74, 6) is -0.781. The molecule has 0 heterocycles. The lowest BCUT2D eigenvalue weighted by Gasteiger charge is -2.12. The largest absolute Gasteiger partial charge is 0.313 e. The molecule has 0 radical (unpaired) electrons. The highest BCUT2D eigenvalue weighted by molar-refractivity contribution is 5.92. The lowest BCUT2D eigenvalue weighted by molar-refractivity contribution is -0.124. The number of hydrogen-bond donors (Lipinski definition) is 0. The summed E-state index contributed by atoms with van der Waals surface area (Å²) in [6, 6.07) is 9.24. The maximum atomic E-state index is 12.6. The van der Waals surface area contributed by atoms with E-state index in [2.05, 4.69) is 0 Å². The second kappa shape index (κ2) is 6.82. The summed E-state index contributed by atoms with van der Waals surface area (Å²) in [5.41, 5.74) is 0.665. The molecule has 0 aromatic heterocycles. The Morgan fingerprint density at radius 1 is 1.22 bits per heavy atom. The zero-order chi connectivity index (χ0) is 13.4. The van der Waals surface area contributed by atoms with Crippen LogP contribution < -0.4 is 0 Å². The number of halogens is 1. The third-order valence-electron chi connectivity index (χ3n) is 2.12. The standard InChI is InChI=1S/C13H10FN3O/c14-12-4-1-11(2-5-12)3-6-13(18)17(9-7-15)10-8-16/h1-6H,9-10H2. The number of rotatable bonds is 4. The van der Waals surface area contributed by atoms with Gasteiger partial charge >= 0.3 is 0 Å². The maximum absolute atomic E-state index is 12.6. The Bertz CT molecular complexity index is 507. The van der Waals surface area contributed by atoms with E-state index in [-0.39, 0.29) is 18.9 Å². The monoisotopic (exact) mass is 243 g/mol. The molecule has 0 aliphatic rings. The van der Waals surface area contributed by atoms with Crippen LogP contribution in [0.2, 0.25) is 0 Å². The predicted molar refractivity (Wildman–Crippen MR) is 63.2 cm³/mol. The topological polar surface area (TPSA) is 67.9 Å². The van der Waals surface area contributed by atoms with E-state index in [1.807, 2.05) is 12.1 Å². The molecule has 4 nitrogen and oxygen atoms in total. The number of amides is 1. The molecule has 0 aliphatic carbocycles. The fraction of sp³-hybridized carbons (Fsp3) is 0.154. The average Bonchev–Trinajstić information content (AvgIpc) is 2.37. The Balaban J connectivity index is 2.71. The summed E-state index contributed by atoms with van der Waals surface area (Å²) in [4.78, 5) is 12.7. The van der Waals surface area contributed by atoms with Gasteiger partial charge in [-0.3, -0.25) is 4.79 Å². The summed E-state index contributed by atoms with van der Waals surface area (Å²) in [6.45, 7) is -0.277. The minimum atomic E-state index is -0.428. The van der Waals surface area contributed by atoms with Crippen molar-refractivity contribution in [3.8, 4) is 12.1 Å². The molecule has 1 aromatic rings. The molecule has 0 aliphatic heterocycles. The van der Waals surface area contributed by atoms with Crippen LogP contribution in [0.3, 0.4) is 0 Å². The highest BCUT2D eigenvalue weighted by Gasteiger charge is 2.08. The first kappa shape index (κ1) is 13.4. The number of carbonyl (C=O) groups is 1. The first-order chi connectivity index (χ1) is 8.67.